The van der Waals surface area contributed by atoms with E-state index < -0.39 is 0 Å². The summed E-state index contributed by atoms with van der Waals surface area (Å²) < 4.78 is 5.82. The lowest BCUT2D eigenvalue weighted by atomic mass is 10.2. The lowest BCUT2D eigenvalue weighted by Crippen LogP contribution is -2.36. The van der Waals surface area contributed by atoms with Crippen LogP contribution in [0.15, 0.2) is 46.8 Å². The van der Waals surface area contributed by atoms with Crippen LogP contribution in [0.4, 0.5) is 0 Å². The summed E-state index contributed by atoms with van der Waals surface area (Å²) in [5.74, 6) is 1.72. The van der Waals surface area contributed by atoms with Gasteiger partial charge in [0.05, 0.1) is 6.54 Å². The second-order valence-corrected chi connectivity index (χ2v) is 6.91. The number of hydrogen-bond donors (Lipinski definition) is 2. The Balaban J connectivity index is 0.00000364. The largest absolute Gasteiger partial charge is 0.492 e. The summed E-state index contributed by atoms with van der Waals surface area (Å²) >= 11 is 1.74. The Labute approximate surface area is 184 Å². The normalized spacial score (nSPS) is 11.2. The molecule has 0 saturated carbocycles. The average molecular weight is 502 g/mol. The number of ether oxygens (including phenoxy) is 1. The van der Waals surface area contributed by atoms with E-state index in [1.54, 1.807) is 18.4 Å². The third-order valence-electron chi connectivity index (χ3n) is 4.19. The molecule has 2 aromatic rings. The number of halogens is 1. The first-order valence-corrected chi connectivity index (χ1v) is 10.0. The Morgan fingerprint density at radius 3 is 2.37 bits per heavy atom. The molecule has 1 heterocycles. The van der Waals surface area contributed by atoms with Crippen LogP contribution in [0.3, 0.4) is 0 Å². The molecule has 0 atom stereocenters. The minimum absolute atomic E-state index is 0. The van der Waals surface area contributed by atoms with Gasteiger partial charge in [0.15, 0.2) is 5.96 Å². The summed E-state index contributed by atoms with van der Waals surface area (Å²) in [5, 5.41) is 8.74. The molecule has 0 fully saturated rings. The maximum atomic E-state index is 5.82. The van der Waals surface area contributed by atoms with Crippen LogP contribution in [-0.2, 0) is 13.1 Å². The maximum Gasteiger partial charge on any atom is 0.191 e. The molecule has 1 aromatic carbocycles. The van der Waals surface area contributed by atoms with Gasteiger partial charge < -0.3 is 20.3 Å². The van der Waals surface area contributed by atoms with Gasteiger partial charge in [0.1, 0.15) is 12.4 Å². The summed E-state index contributed by atoms with van der Waals surface area (Å²) in [4.78, 5) is 7.91. The number of thiophene rings is 1. The lowest BCUT2D eigenvalue weighted by molar-refractivity contribution is 0.223. The minimum atomic E-state index is 0. The van der Waals surface area contributed by atoms with Crippen LogP contribution >= 0.6 is 35.3 Å². The molecular weight excluding hydrogens is 471 g/mol. The van der Waals surface area contributed by atoms with E-state index in [-0.39, 0.29) is 24.0 Å². The molecule has 7 heteroatoms. The highest BCUT2D eigenvalue weighted by atomic mass is 127. The topological polar surface area (TPSA) is 48.9 Å². The quantitative estimate of drug-likeness (QED) is 0.294. The molecule has 5 nitrogen and oxygen atoms in total. The van der Waals surface area contributed by atoms with Crippen molar-refractivity contribution in [2.45, 2.75) is 26.9 Å². The zero-order valence-electron chi connectivity index (χ0n) is 16.4. The molecule has 150 valence electrons. The molecule has 2 N–H and O–H groups in total. The summed E-state index contributed by atoms with van der Waals surface area (Å²) in [7, 11) is 1.79. The fourth-order valence-corrected chi connectivity index (χ4v) is 3.17. The molecule has 0 amide bonds. The molecule has 0 spiro atoms. The highest BCUT2D eigenvalue weighted by Crippen LogP contribution is 2.12. The fourth-order valence-electron chi connectivity index (χ4n) is 2.53. The standard InChI is InChI=1S/C20H30N4OS.HI/c1-4-24(5-2)12-13-25-18-10-8-17(9-11-18)15-22-20(21-3)23-16-19-7-6-14-26-19;/h6-11,14H,4-5,12-13,15-16H2,1-3H3,(H2,21,22,23);1H. The van der Waals surface area contributed by atoms with E-state index in [0.717, 1.165) is 51.0 Å². The molecular formula is C20H31IN4OS. The Kier molecular flexibility index (Phi) is 12.1. The van der Waals surface area contributed by atoms with Gasteiger partial charge in [-0.3, -0.25) is 4.99 Å². The first kappa shape index (κ1) is 23.7. The van der Waals surface area contributed by atoms with Gasteiger partial charge in [0.25, 0.3) is 0 Å². The highest BCUT2D eigenvalue weighted by Gasteiger charge is 2.02. The van der Waals surface area contributed by atoms with Crippen LogP contribution in [0.2, 0.25) is 0 Å². The smallest absolute Gasteiger partial charge is 0.191 e. The molecule has 1 aromatic heterocycles. The number of benzene rings is 1. The van der Waals surface area contributed by atoms with Crippen LogP contribution in [0.1, 0.15) is 24.3 Å². The van der Waals surface area contributed by atoms with Crippen LogP contribution in [0.25, 0.3) is 0 Å². The van der Waals surface area contributed by atoms with E-state index in [1.165, 1.54) is 10.4 Å². The van der Waals surface area contributed by atoms with Crippen molar-refractivity contribution in [3.05, 3.63) is 52.2 Å². The number of nitrogens with zero attached hydrogens (tertiary/aromatic N) is 2. The summed E-state index contributed by atoms with van der Waals surface area (Å²) in [6, 6.07) is 12.4. The van der Waals surface area contributed by atoms with Crippen molar-refractivity contribution in [3.8, 4) is 5.75 Å². The Bertz CT molecular complexity index is 643. The predicted octanol–water partition coefficient (Wildman–Crippen LogP) is 3.95. The van der Waals surface area contributed by atoms with Gasteiger partial charge in [0, 0.05) is 25.0 Å². The van der Waals surface area contributed by atoms with Crippen molar-refractivity contribution in [2.75, 3.05) is 33.3 Å². The van der Waals surface area contributed by atoms with E-state index in [2.05, 4.69) is 64.0 Å². The number of guanidine groups is 1. The first-order valence-electron chi connectivity index (χ1n) is 9.16. The Morgan fingerprint density at radius 1 is 1.07 bits per heavy atom. The summed E-state index contributed by atoms with van der Waals surface area (Å²) in [6.07, 6.45) is 0. The molecule has 0 unspecified atom stereocenters. The number of likely N-dealkylation sites (N-methyl/N-ethyl adjacent to an activating group) is 1. The minimum Gasteiger partial charge on any atom is -0.492 e. The van der Waals surface area contributed by atoms with Crippen LogP contribution in [0, 0.1) is 0 Å². The van der Waals surface area contributed by atoms with Gasteiger partial charge in [-0.2, -0.15) is 0 Å². The van der Waals surface area contributed by atoms with E-state index in [9.17, 15) is 0 Å². The zero-order valence-corrected chi connectivity index (χ0v) is 19.6. The molecule has 0 saturated heterocycles. The third-order valence-corrected chi connectivity index (χ3v) is 5.06. The number of nitrogens with one attached hydrogen (secondary N) is 2. The predicted molar refractivity (Wildman–Crippen MR) is 126 cm³/mol. The van der Waals surface area contributed by atoms with E-state index in [0.29, 0.717) is 0 Å². The monoisotopic (exact) mass is 502 g/mol. The van der Waals surface area contributed by atoms with Crippen molar-refractivity contribution >= 4 is 41.3 Å². The van der Waals surface area contributed by atoms with Gasteiger partial charge >= 0.3 is 0 Å². The molecule has 0 bridgehead atoms. The molecule has 0 aliphatic carbocycles. The number of aliphatic imine (C=N–C) groups is 1. The summed E-state index contributed by atoms with van der Waals surface area (Å²) in [6.45, 7) is 9.67. The second kappa shape index (κ2) is 13.8. The molecule has 0 aliphatic rings. The third kappa shape index (κ3) is 8.94. The molecule has 0 aliphatic heterocycles. The van der Waals surface area contributed by atoms with Crippen molar-refractivity contribution in [3.63, 3.8) is 0 Å². The van der Waals surface area contributed by atoms with Crippen molar-refractivity contribution < 1.29 is 4.74 Å². The molecule has 2 rings (SSSR count). The molecule has 27 heavy (non-hydrogen) atoms. The van der Waals surface area contributed by atoms with E-state index in [1.807, 2.05) is 12.1 Å². The van der Waals surface area contributed by atoms with Crippen LogP contribution in [0.5, 0.6) is 5.75 Å². The lowest BCUT2D eigenvalue weighted by Gasteiger charge is -2.18. The van der Waals surface area contributed by atoms with Gasteiger partial charge in [-0.1, -0.05) is 32.0 Å². The van der Waals surface area contributed by atoms with Gasteiger partial charge in [-0.25, -0.2) is 0 Å². The Hall–Kier alpha value is -1.32. The van der Waals surface area contributed by atoms with Crippen LogP contribution in [-0.4, -0.2) is 44.1 Å². The zero-order chi connectivity index (χ0) is 18.6. The average Bonchev–Trinajstić information content (AvgIpc) is 3.20. The SMILES string of the molecule is CCN(CC)CCOc1ccc(CNC(=NC)NCc2cccs2)cc1.I. The van der Waals surface area contributed by atoms with Crippen molar-refractivity contribution in [1.82, 2.24) is 15.5 Å². The fraction of sp³-hybridized carbons (Fsp3) is 0.450. The van der Waals surface area contributed by atoms with E-state index >= 15 is 0 Å². The number of hydrogen-bond acceptors (Lipinski definition) is 4. The van der Waals surface area contributed by atoms with E-state index in [4.69, 9.17) is 4.74 Å². The highest BCUT2D eigenvalue weighted by molar-refractivity contribution is 14.0. The van der Waals surface area contributed by atoms with Gasteiger partial charge in [-0.15, -0.1) is 35.3 Å². The Morgan fingerprint density at radius 2 is 1.78 bits per heavy atom. The maximum absolute atomic E-state index is 5.82. The second-order valence-electron chi connectivity index (χ2n) is 5.88. The first-order chi connectivity index (χ1) is 12.7. The molecule has 0 radical (unpaired) electrons. The van der Waals surface area contributed by atoms with Gasteiger partial charge in [-0.05, 0) is 42.2 Å². The number of rotatable bonds is 10. The summed E-state index contributed by atoms with van der Waals surface area (Å²) in [5.41, 5.74) is 1.19. The van der Waals surface area contributed by atoms with Crippen molar-refractivity contribution in [1.29, 1.82) is 0 Å². The van der Waals surface area contributed by atoms with Crippen molar-refractivity contribution in [2.24, 2.45) is 4.99 Å². The van der Waals surface area contributed by atoms with Gasteiger partial charge in [0.2, 0.25) is 0 Å². The van der Waals surface area contributed by atoms with Crippen LogP contribution < -0.4 is 15.4 Å².